The largest absolute Gasteiger partial charge is 0.494 e. The van der Waals surface area contributed by atoms with Gasteiger partial charge in [0.15, 0.2) is 0 Å². The monoisotopic (exact) mass is 505 g/mol. The van der Waals surface area contributed by atoms with Crippen LogP contribution >= 0.6 is 11.6 Å². The molecule has 3 rings (SSSR count). The van der Waals surface area contributed by atoms with Crippen LogP contribution in [0.2, 0.25) is 5.02 Å². The lowest BCUT2D eigenvalue weighted by Gasteiger charge is -2.31. The number of ether oxygens (including phenoxy) is 2. The summed E-state index contributed by atoms with van der Waals surface area (Å²) in [4.78, 5) is 23.0. The summed E-state index contributed by atoms with van der Waals surface area (Å²) < 4.78 is 11.3. The topological polar surface area (TPSA) is 125 Å². The van der Waals surface area contributed by atoms with Crippen molar-refractivity contribution in [1.29, 1.82) is 0 Å². The van der Waals surface area contributed by atoms with Crippen LogP contribution in [0, 0.1) is 0 Å². The minimum Gasteiger partial charge on any atom is -0.494 e. The molecule has 35 heavy (non-hydrogen) atoms. The van der Waals surface area contributed by atoms with Gasteiger partial charge in [0.05, 0.1) is 25.4 Å². The van der Waals surface area contributed by atoms with E-state index in [4.69, 9.17) is 26.2 Å². The first kappa shape index (κ1) is 26.9. The van der Waals surface area contributed by atoms with E-state index in [2.05, 4.69) is 5.32 Å². The standard InChI is InChI=1S/C26H32ClNO7/c1-26(2,25(32)33)28-23(31)4-3-11-34-20-8-5-16(6-9-20)12-18-13-17(7-10-21(18)27)24-22(30)14-19(29)15-35-24/h5-10,13,19,22,24,29-30H,3-4,11-12,14-15H2,1-2H3,(H,28,31)(H,32,33)/t19-,22+,24-/m0/s1. The highest BCUT2D eigenvalue weighted by atomic mass is 35.5. The SMILES string of the molecule is CC(C)(NC(=O)CCCOc1ccc(Cc2cc([C@@H]3OC[C@@H](O)C[C@H]3O)ccc2Cl)cc1)C(=O)O. The predicted molar refractivity (Wildman–Crippen MR) is 131 cm³/mol. The highest BCUT2D eigenvalue weighted by molar-refractivity contribution is 6.31. The van der Waals surface area contributed by atoms with Crippen molar-refractivity contribution in [3.8, 4) is 5.75 Å². The molecular formula is C26H32ClNO7. The van der Waals surface area contributed by atoms with E-state index in [-0.39, 0.29) is 25.4 Å². The molecule has 1 aliphatic rings. The molecule has 1 saturated heterocycles. The van der Waals surface area contributed by atoms with E-state index >= 15 is 0 Å². The summed E-state index contributed by atoms with van der Waals surface area (Å²) in [7, 11) is 0. The third-order valence-electron chi connectivity index (χ3n) is 5.85. The second kappa shape index (κ2) is 11.9. The van der Waals surface area contributed by atoms with Crippen LogP contribution in [-0.2, 0) is 20.7 Å². The van der Waals surface area contributed by atoms with Crippen molar-refractivity contribution in [2.24, 2.45) is 0 Å². The number of amides is 1. The van der Waals surface area contributed by atoms with Crippen molar-refractivity contribution < 1.29 is 34.4 Å². The second-order valence-corrected chi connectivity index (χ2v) is 9.72. The molecule has 4 N–H and O–H groups in total. The van der Waals surface area contributed by atoms with E-state index in [9.17, 15) is 19.8 Å². The first-order chi connectivity index (χ1) is 16.5. The Hall–Kier alpha value is -2.65. The number of carbonyl (C=O) groups is 2. The van der Waals surface area contributed by atoms with Crippen LogP contribution < -0.4 is 10.1 Å². The first-order valence-corrected chi connectivity index (χ1v) is 11.9. The number of hydrogen-bond donors (Lipinski definition) is 4. The van der Waals surface area contributed by atoms with Crippen LogP contribution in [0.5, 0.6) is 5.75 Å². The minimum atomic E-state index is -1.30. The summed E-state index contributed by atoms with van der Waals surface area (Å²) in [5.41, 5.74) is 1.43. The molecule has 0 unspecified atom stereocenters. The van der Waals surface area contributed by atoms with Gasteiger partial charge in [0.25, 0.3) is 0 Å². The normalized spacial score (nSPS) is 20.3. The maximum atomic E-state index is 11.9. The molecule has 1 fully saturated rings. The molecule has 1 heterocycles. The fourth-order valence-corrected chi connectivity index (χ4v) is 4.02. The van der Waals surface area contributed by atoms with Gasteiger partial charge >= 0.3 is 5.97 Å². The lowest BCUT2D eigenvalue weighted by Crippen LogP contribution is -2.49. The highest BCUT2D eigenvalue weighted by Crippen LogP contribution is 2.32. The van der Waals surface area contributed by atoms with E-state index in [0.717, 1.165) is 16.7 Å². The molecule has 1 amide bonds. The van der Waals surface area contributed by atoms with Gasteiger partial charge in [0.2, 0.25) is 5.91 Å². The Balaban J connectivity index is 1.51. The molecule has 8 nitrogen and oxygen atoms in total. The average molecular weight is 506 g/mol. The molecule has 0 bridgehead atoms. The molecule has 0 spiro atoms. The zero-order valence-corrected chi connectivity index (χ0v) is 20.6. The Bertz CT molecular complexity index is 1020. The van der Waals surface area contributed by atoms with Gasteiger partial charge in [-0.05, 0) is 61.6 Å². The Morgan fingerprint density at radius 3 is 2.54 bits per heavy atom. The van der Waals surface area contributed by atoms with Crippen molar-refractivity contribution in [3.05, 3.63) is 64.2 Å². The maximum Gasteiger partial charge on any atom is 0.328 e. The van der Waals surface area contributed by atoms with Crippen LogP contribution in [0.4, 0.5) is 0 Å². The summed E-state index contributed by atoms with van der Waals surface area (Å²) in [6, 6.07) is 13.1. The molecule has 0 saturated carbocycles. The summed E-state index contributed by atoms with van der Waals surface area (Å²) in [5.74, 6) is -0.759. The number of benzene rings is 2. The number of nitrogens with one attached hydrogen (secondary N) is 1. The second-order valence-electron chi connectivity index (χ2n) is 9.31. The quantitative estimate of drug-likeness (QED) is 0.365. The molecule has 1 aliphatic heterocycles. The van der Waals surface area contributed by atoms with E-state index in [1.165, 1.54) is 13.8 Å². The number of halogens is 1. The fraction of sp³-hybridized carbons (Fsp3) is 0.462. The van der Waals surface area contributed by atoms with E-state index in [0.29, 0.717) is 30.2 Å². The summed E-state index contributed by atoms with van der Waals surface area (Å²) in [6.45, 7) is 3.39. The third kappa shape index (κ3) is 7.67. The van der Waals surface area contributed by atoms with Gasteiger partial charge < -0.3 is 30.1 Å². The molecule has 9 heteroatoms. The van der Waals surface area contributed by atoms with Crippen LogP contribution in [0.1, 0.15) is 55.9 Å². The van der Waals surface area contributed by atoms with Crippen LogP contribution in [0.3, 0.4) is 0 Å². The van der Waals surface area contributed by atoms with Gasteiger partial charge in [-0.15, -0.1) is 0 Å². The Kier molecular flexibility index (Phi) is 9.13. The predicted octanol–water partition coefficient (Wildman–Crippen LogP) is 3.25. The summed E-state index contributed by atoms with van der Waals surface area (Å²) >= 11 is 6.41. The number of aliphatic hydroxyl groups is 2. The van der Waals surface area contributed by atoms with E-state index in [1.807, 2.05) is 36.4 Å². The van der Waals surface area contributed by atoms with Crippen LogP contribution in [0.25, 0.3) is 0 Å². The molecule has 0 aromatic heterocycles. The lowest BCUT2D eigenvalue weighted by atomic mass is 9.94. The van der Waals surface area contributed by atoms with Crippen molar-refractivity contribution >= 4 is 23.5 Å². The minimum absolute atomic E-state index is 0.169. The van der Waals surface area contributed by atoms with Crippen molar-refractivity contribution in [3.63, 3.8) is 0 Å². The van der Waals surface area contributed by atoms with E-state index in [1.54, 1.807) is 6.07 Å². The Morgan fingerprint density at radius 2 is 1.89 bits per heavy atom. The third-order valence-corrected chi connectivity index (χ3v) is 6.22. The molecule has 2 aromatic rings. The molecule has 190 valence electrons. The van der Waals surface area contributed by atoms with Crippen molar-refractivity contribution in [2.45, 2.75) is 63.4 Å². The van der Waals surface area contributed by atoms with Gasteiger partial charge in [0, 0.05) is 17.9 Å². The Morgan fingerprint density at radius 1 is 1.17 bits per heavy atom. The zero-order chi connectivity index (χ0) is 25.6. The Labute approximate surface area is 209 Å². The van der Waals surface area contributed by atoms with Gasteiger partial charge in [-0.1, -0.05) is 35.9 Å². The molecule has 3 atom stereocenters. The smallest absolute Gasteiger partial charge is 0.328 e. The number of carboxylic acids is 1. The van der Waals surface area contributed by atoms with Crippen molar-refractivity contribution in [2.75, 3.05) is 13.2 Å². The number of rotatable bonds is 10. The molecule has 2 aromatic carbocycles. The maximum absolute atomic E-state index is 11.9. The highest BCUT2D eigenvalue weighted by Gasteiger charge is 2.30. The number of aliphatic carboxylic acids is 1. The fourth-order valence-electron chi connectivity index (χ4n) is 3.83. The van der Waals surface area contributed by atoms with Gasteiger partial charge in [0.1, 0.15) is 17.4 Å². The van der Waals surface area contributed by atoms with Crippen LogP contribution in [-0.4, -0.2) is 58.2 Å². The molecular weight excluding hydrogens is 474 g/mol. The van der Waals surface area contributed by atoms with Gasteiger partial charge in [-0.3, -0.25) is 4.79 Å². The van der Waals surface area contributed by atoms with Crippen molar-refractivity contribution in [1.82, 2.24) is 5.32 Å². The number of aliphatic hydroxyl groups excluding tert-OH is 2. The lowest BCUT2D eigenvalue weighted by molar-refractivity contribution is -0.146. The number of carboxylic acid groups (broad SMARTS) is 1. The number of carbonyl (C=O) groups excluding carboxylic acids is 1. The zero-order valence-electron chi connectivity index (χ0n) is 19.9. The van der Waals surface area contributed by atoms with Gasteiger partial charge in [-0.25, -0.2) is 4.79 Å². The average Bonchev–Trinajstić information content (AvgIpc) is 2.79. The summed E-state index contributed by atoms with van der Waals surface area (Å²) in [6.07, 6.45) is -0.455. The first-order valence-electron chi connectivity index (χ1n) is 11.6. The molecule has 0 aliphatic carbocycles. The summed E-state index contributed by atoms with van der Waals surface area (Å²) in [5, 5.41) is 32.1. The molecule has 0 radical (unpaired) electrons. The van der Waals surface area contributed by atoms with E-state index < -0.39 is 29.8 Å². The number of hydrogen-bond acceptors (Lipinski definition) is 6. The van der Waals surface area contributed by atoms with Crippen LogP contribution in [0.15, 0.2) is 42.5 Å². The van der Waals surface area contributed by atoms with Gasteiger partial charge in [-0.2, -0.15) is 0 Å².